The molecule has 0 bridgehead atoms. The number of rotatable bonds is 4. The van der Waals surface area contributed by atoms with Gasteiger partial charge in [0.15, 0.2) is 0 Å². The molecule has 2 aromatic rings. The first kappa shape index (κ1) is 13.1. The topological polar surface area (TPSA) is 48.1 Å². The fourth-order valence-corrected chi connectivity index (χ4v) is 2.94. The normalized spacial score (nSPS) is 12.4. The summed E-state index contributed by atoms with van der Waals surface area (Å²) in [6.45, 7) is 4.11. The molecule has 18 heavy (non-hydrogen) atoms. The van der Waals surface area contributed by atoms with Crippen molar-refractivity contribution < 1.29 is 4.74 Å². The molecule has 0 fully saturated rings. The zero-order valence-electron chi connectivity index (χ0n) is 10.9. The van der Waals surface area contributed by atoms with Crippen molar-refractivity contribution in [2.24, 2.45) is 5.73 Å². The molecular formula is C14H18N2OS. The Bertz CT molecular complexity index is 517. The van der Waals surface area contributed by atoms with Crippen LogP contribution in [0.25, 0.3) is 10.6 Å². The SMILES string of the molecule is CCc1nc(-c2ccc(OC)cc2)sc1C(C)N. The van der Waals surface area contributed by atoms with Gasteiger partial charge >= 0.3 is 0 Å². The van der Waals surface area contributed by atoms with E-state index in [4.69, 9.17) is 10.5 Å². The number of benzene rings is 1. The number of hydrogen-bond acceptors (Lipinski definition) is 4. The lowest BCUT2D eigenvalue weighted by Gasteiger charge is -2.02. The molecule has 0 amide bonds. The number of nitrogens with two attached hydrogens (primary N) is 1. The molecule has 1 aromatic heterocycles. The third-order valence-electron chi connectivity index (χ3n) is 2.81. The van der Waals surface area contributed by atoms with Crippen molar-refractivity contribution in [3.63, 3.8) is 0 Å². The van der Waals surface area contributed by atoms with Crippen LogP contribution in [0.3, 0.4) is 0 Å². The van der Waals surface area contributed by atoms with Gasteiger partial charge in [-0.1, -0.05) is 6.92 Å². The number of aryl methyl sites for hydroxylation is 1. The Hall–Kier alpha value is -1.39. The van der Waals surface area contributed by atoms with Gasteiger partial charge in [0.2, 0.25) is 0 Å². The lowest BCUT2D eigenvalue weighted by Crippen LogP contribution is -2.05. The minimum Gasteiger partial charge on any atom is -0.497 e. The highest BCUT2D eigenvalue weighted by atomic mass is 32.1. The zero-order chi connectivity index (χ0) is 13.1. The summed E-state index contributed by atoms with van der Waals surface area (Å²) >= 11 is 1.68. The van der Waals surface area contributed by atoms with Crippen LogP contribution in [0.2, 0.25) is 0 Å². The van der Waals surface area contributed by atoms with Gasteiger partial charge in [0, 0.05) is 16.5 Å². The molecule has 0 aliphatic heterocycles. The molecule has 0 spiro atoms. The fourth-order valence-electron chi connectivity index (χ4n) is 1.83. The van der Waals surface area contributed by atoms with Crippen molar-refractivity contribution in [2.45, 2.75) is 26.3 Å². The molecule has 1 unspecified atom stereocenters. The van der Waals surface area contributed by atoms with Crippen LogP contribution in [-0.2, 0) is 6.42 Å². The van der Waals surface area contributed by atoms with Gasteiger partial charge in [0.25, 0.3) is 0 Å². The van der Waals surface area contributed by atoms with Crippen molar-refractivity contribution in [3.8, 4) is 16.3 Å². The van der Waals surface area contributed by atoms with E-state index in [-0.39, 0.29) is 6.04 Å². The minimum absolute atomic E-state index is 0.0458. The Morgan fingerprint density at radius 2 is 2.00 bits per heavy atom. The lowest BCUT2D eigenvalue weighted by atomic mass is 10.2. The second-order valence-electron chi connectivity index (χ2n) is 4.20. The van der Waals surface area contributed by atoms with Gasteiger partial charge in [-0.15, -0.1) is 11.3 Å². The van der Waals surface area contributed by atoms with Gasteiger partial charge in [0.1, 0.15) is 10.8 Å². The van der Waals surface area contributed by atoms with E-state index in [2.05, 4.69) is 11.9 Å². The number of thiazole rings is 1. The zero-order valence-corrected chi connectivity index (χ0v) is 11.8. The van der Waals surface area contributed by atoms with Gasteiger partial charge in [-0.2, -0.15) is 0 Å². The van der Waals surface area contributed by atoms with Crippen LogP contribution in [0.4, 0.5) is 0 Å². The Morgan fingerprint density at radius 1 is 1.33 bits per heavy atom. The summed E-state index contributed by atoms with van der Waals surface area (Å²) in [5.41, 5.74) is 8.20. The van der Waals surface area contributed by atoms with E-state index in [0.29, 0.717) is 0 Å². The maximum Gasteiger partial charge on any atom is 0.123 e. The molecule has 0 saturated carbocycles. The summed E-state index contributed by atoms with van der Waals surface area (Å²) in [5, 5.41) is 1.03. The monoisotopic (exact) mass is 262 g/mol. The quantitative estimate of drug-likeness (QED) is 0.918. The molecule has 1 aromatic carbocycles. The molecular weight excluding hydrogens is 244 g/mol. The van der Waals surface area contributed by atoms with E-state index in [1.165, 1.54) is 4.88 Å². The first-order chi connectivity index (χ1) is 8.65. The van der Waals surface area contributed by atoms with E-state index in [0.717, 1.165) is 28.4 Å². The second-order valence-corrected chi connectivity index (χ2v) is 5.23. The summed E-state index contributed by atoms with van der Waals surface area (Å²) in [6, 6.07) is 8.01. The fraction of sp³-hybridized carbons (Fsp3) is 0.357. The number of aromatic nitrogens is 1. The van der Waals surface area contributed by atoms with Crippen LogP contribution in [0, 0.1) is 0 Å². The van der Waals surface area contributed by atoms with Gasteiger partial charge in [-0.3, -0.25) is 0 Å². The molecule has 0 radical (unpaired) electrons. The first-order valence-corrected chi connectivity index (χ1v) is 6.87. The van der Waals surface area contributed by atoms with Crippen LogP contribution in [0.1, 0.15) is 30.5 Å². The molecule has 1 heterocycles. The number of hydrogen-bond donors (Lipinski definition) is 1. The first-order valence-electron chi connectivity index (χ1n) is 6.05. The van der Waals surface area contributed by atoms with Crippen LogP contribution in [-0.4, -0.2) is 12.1 Å². The number of ether oxygens (including phenoxy) is 1. The standard InChI is InChI=1S/C14H18N2OS/c1-4-12-13(9(2)15)18-14(16-12)10-5-7-11(17-3)8-6-10/h5-9H,4,15H2,1-3H3. The Labute approximate surface area is 112 Å². The molecule has 0 aliphatic carbocycles. The third kappa shape index (κ3) is 2.54. The highest BCUT2D eigenvalue weighted by Gasteiger charge is 2.14. The Kier molecular flexibility index (Phi) is 3.99. The summed E-state index contributed by atoms with van der Waals surface area (Å²) in [4.78, 5) is 5.86. The highest BCUT2D eigenvalue weighted by Crippen LogP contribution is 2.32. The smallest absolute Gasteiger partial charge is 0.123 e. The number of nitrogens with zero attached hydrogens (tertiary/aromatic N) is 1. The summed E-state index contributed by atoms with van der Waals surface area (Å²) in [6.07, 6.45) is 0.920. The largest absolute Gasteiger partial charge is 0.497 e. The average Bonchev–Trinajstić information content (AvgIpc) is 2.83. The van der Waals surface area contributed by atoms with E-state index < -0.39 is 0 Å². The Morgan fingerprint density at radius 3 is 2.44 bits per heavy atom. The van der Waals surface area contributed by atoms with E-state index in [1.807, 2.05) is 31.2 Å². The lowest BCUT2D eigenvalue weighted by molar-refractivity contribution is 0.415. The van der Waals surface area contributed by atoms with Gasteiger partial charge in [0.05, 0.1) is 12.8 Å². The molecule has 0 aliphatic rings. The minimum atomic E-state index is 0.0458. The van der Waals surface area contributed by atoms with Gasteiger partial charge in [-0.05, 0) is 37.6 Å². The summed E-state index contributed by atoms with van der Waals surface area (Å²) in [5.74, 6) is 0.860. The van der Waals surface area contributed by atoms with Crippen molar-refractivity contribution in [2.75, 3.05) is 7.11 Å². The van der Waals surface area contributed by atoms with Crippen molar-refractivity contribution in [1.29, 1.82) is 0 Å². The Balaban J connectivity index is 2.37. The van der Waals surface area contributed by atoms with E-state index in [1.54, 1.807) is 18.4 Å². The van der Waals surface area contributed by atoms with Crippen LogP contribution < -0.4 is 10.5 Å². The van der Waals surface area contributed by atoms with Crippen molar-refractivity contribution >= 4 is 11.3 Å². The van der Waals surface area contributed by atoms with Crippen LogP contribution >= 0.6 is 11.3 Å². The maximum atomic E-state index is 5.98. The summed E-state index contributed by atoms with van der Waals surface area (Å²) in [7, 11) is 1.67. The number of methoxy groups -OCH3 is 1. The second kappa shape index (κ2) is 5.50. The van der Waals surface area contributed by atoms with Crippen molar-refractivity contribution in [3.05, 3.63) is 34.8 Å². The highest BCUT2D eigenvalue weighted by molar-refractivity contribution is 7.15. The molecule has 1 atom stereocenters. The van der Waals surface area contributed by atoms with Crippen LogP contribution in [0.5, 0.6) is 5.75 Å². The molecule has 96 valence electrons. The van der Waals surface area contributed by atoms with Gasteiger partial charge < -0.3 is 10.5 Å². The third-order valence-corrected chi connectivity index (χ3v) is 4.16. The molecule has 2 N–H and O–H groups in total. The van der Waals surface area contributed by atoms with Crippen molar-refractivity contribution in [1.82, 2.24) is 4.98 Å². The van der Waals surface area contributed by atoms with E-state index in [9.17, 15) is 0 Å². The van der Waals surface area contributed by atoms with Crippen LogP contribution in [0.15, 0.2) is 24.3 Å². The molecule has 4 heteroatoms. The summed E-state index contributed by atoms with van der Waals surface area (Å²) < 4.78 is 5.16. The maximum absolute atomic E-state index is 5.98. The molecule has 0 saturated heterocycles. The predicted molar refractivity (Wildman–Crippen MR) is 76.1 cm³/mol. The molecule has 2 rings (SSSR count). The van der Waals surface area contributed by atoms with E-state index >= 15 is 0 Å². The van der Waals surface area contributed by atoms with Gasteiger partial charge in [-0.25, -0.2) is 4.98 Å². The molecule has 3 nitrogen and oxygen atoms in total. The average molecular weight is 262 g/mol. The predicted octanol–water partition coefficient (Wildman–Crippen LogP) is 3.40.